The molecule has 0 bridgehead atoms. The average molecular weight is 725 g/mol. The van der Waals surface area contributed by atoms with Gasteiger partial charge in [-0.1, -0.05) is 33.3 Å². The van der Waals surface area contributed by atoms with Crippen molar-refractivity contribution in [3.8, 4) is 23.0 Å². The van der Waals surface area contributed by atoms with E-state index in [9.17, 15) is 19.7 Å². The molecule has 0 saturated heterocycles. The van der Waals surface area contributed by atoms with Crippen molar-refractivity contribution >= 4 is 45.0 Å². The number of nitrogens with zero attached hydrogens (tertiary/aromatic N) is 3. The molecular weight excluding hydrogens is 694 g/mol. The number of rotatable bonds is 12. The molecule has 0 amide bonds. The number of ether oxygens (including phenoxy) is 5. The van der Waals surface area contributed by atoms with E-state index < -0.39 is 16.9 Å². The third kappa shape index (κ3) is 7.08. The van der Waals surface area contributed by atoms with Gasteiger partial charge in [-0.3, -0.25) is 19.5 Å². The van der Waals surface area contributed by atoms with E-state index in [4.69, 9.17) is 23.7 Å². The highest BCUT2D eigenvalue weighted by Crippen LogP contribution is 2.36. The summed E-state index contributed by atoms with van der Waals surface area (Å²) in [6.45, 7) is 4.71. The molecule has 0 saturated carbocycles. The second kappa shape index (κ2) is 14.6. The summed E-state index contributed by atoms with van der Waals surface area (Å²) in [5.74, 6) is 1.27. The predicted molar refractivity (Wildman–Crippen MR) is 178 cm³/mol. The van der Waals surface area contributed by atoms with Gasteiger partial charge in [0.2, 0.25) is 0 Å². The van der Waals surface area contributed by atoms with Crippen molar-refractivity contribution in [3.05, 3.63) is 117 Å². The molecule has 3 aromatic carbocycles. The maximum atomic E-state index is 14.0. The van der Waals surface area contributed by atoms with E-state index in [-0.39, 0.29) is 23.4 Å². The first-order valence-corrected chi connectivity index (χ1v) is 16.0. The highest BCUT2D eigenvalue weighted by Gasteiger charge is 2.31. The zero-order valence-corrected chi connectivity index (χ0v) is 28.3. The van der Waals surface area contributed by atoms with Gasteiger partial charge in [0.25, 0.3) is 11.2 Å². The maximum Gasteiger partial charge on any atom is 0.337 e. The zero-order valence-electron chi connectivity index (χ0n) is 25.9. The summed E-state index contributed by atoms with van der Waals surface area (Å²) < 4.78 is 30.6. The van der Waals surface area contributed by atoms with Crippen LogP contribution in [0.5, 0.6) is 23.0 Å². The summed E-state index contributed by atoms with van der Waals surface area (Å²) in [6, 6.07) is 14.0. The van der Waals surface area contributed by atoms with E-state index in [1.165, 1.54) is 48.5 Å². The van der Waals surface area contributed by atoms with Crippen LogP contribution in [-0.2, 0) is 16.1 Å². The summed E-state index contributed by atoms with van der Waals surface area (Å²) in [7, 11) is 2.78. The van der Waals surface area contributed by atoms with E-state index >= 15 is 0 Å². The number of nitro groups is 1. The fourth-order valence-corrected chi connectivity index (χ4v) is 6.33. The van der Waals surface area contributed by atoms with Crippen molar-refractivity contribution in [1.29, 1.82) is 0 Å². The normalized spacial score (nSPS) is 14.0. The van der Waals surface area contributed by atoms with Gasteiger partial charge in [-0.15, -0.1) is 0 Å². The van der Waals surface area contributed by atoms with Crippen LogP contribution in [0, 0.1) is 10.1 Å². The SMILES string of the molecule is CCOc1ccc([C@@H]2C(C(=O)OC)=CN=c3s/c(=C\c4cc(OC)c(OCc5ccc([N+](=O)[O-])cc5)cc4Br)c(=O)n32)cc1OCC. The minimum Gasteiger partial charge on any atom is -0.493 e. The topological polar surface area (TPSA) is 141 Å². The third-order valence-electron chi connectivity index (χ3n) is 7.12. The van der Waals surface area contributed by atoms with Crippen molar-refractivity contribution in [2.24, 2.45) is 4.99 Å². The van der Waals surface area contributed by atoms with Crippen LogP contribution in [0.15, 0.2) is 80.6 Å². The van der Waals surface area contributed by atoms with Gasteiger partial charge in [-0.05, 0) is 73.0 Å². The molecule has 47 heavy (non-hydrogen) atoms. The average Bonchev–Trinajstić information content (AvgIpc) is 3.39. The van der Waals surface area contributed by atoms with Gasteiger partial charge < -0.3 is 23.7 Å². The number of hydrogen-bond donors (Lipinski definition) is 0. The van der Waals surface area contributed by atoms with E-state index in [0.29, 0.717) is 61.1 Å². The quantitative estimate of drug-likeness (QED) is 0.111. The van der Waals surface area contributed by atoms with Crippen LogP contribution in [0.4, 0.5) is 5.69 Å². The first-order valence-electron chi connectivity index (χ1n) is 14.4. The lowest BCUT2D eigenvalue weighted by Crippen LogP contribution is -2.39. The molecule has 14 heteroatoms. The number of fused-ring (bicyclic) bond motifs is 1. The minimum atomic E-state index is -0.830. The van der Waals surface area contributed by atoms with E-state index in [0.717, 1.165) is 5.56 Å². The lowest BCUT2D eigenvalue weighted by molar-refractivity contribution is -0.384. The molecule has 2 heterocycles. The fraction of sp³-hybridized carbons (Fsp3) is 0.242. The Morgan fingerprint density at radius 2 is 1.70 bits per heavy atom. The van der Waals surface area contributed by atoms with Gasteiger partial charge >= 0.3 is 5.97 Å². The molecule has 5 rings (SSSR count). The van der Waals surface area contributed by atoms with Crippen LogP contribution in [0.2, 0.25) is 0 Å². The van der Waals surface area contributed by atoms with Crippen LogP contribution < -0.4 is 33.8 Å². The highest BCUT2D eigenvalue weighted by molar-refractivity contribution is 9.10. The van der Waals surface area contributed by atoms with Crippen LogP contribution in [-0.4, -0.2) is 42.9 Å². The van der Waals surface area contributed by atoms with Gasteiger partial charge in [-0.2, -0.15) is 0 Å². The van der Waals surface area contributed by atoms with Gasteiger partial charge in [0.05, 0.1) is 48.5 Å². The molecule has 0 spiro atoms. The van der Waals surface area contributed by atoms with Crippen molar-refractivity contribution in [2.45, 2.75) is 26.5 Å². The molecule has 1 atom stereocenters. The van der Waals surface area contributed by atoms with E-state index in [2.05, 4.69) is 20.9 Å². The summed E-state index contributed by atoms with van der Waals surface area (Å²) in [5, 5.41) is 10.9. The standard InChI is InChI=1S/C33H30BrN3O9S/c1-5-44-25-12-9-20(13-27(25)45-6-2)30-23(32(39)43-4)17-35-33-36(30)31(38)29(47-33)15-21-14-26(42-3)28(16-24(21)34)46-18-19-7-10-22(11-8-19)37(40)41/h7-17,30H,5-6,18H2,1-4H3/b29-15-/t30-/m1/s1. The summed E-state index contributed by atoms with van der Waals surface area (Å²) in [4.78, 5) is 42.2. The van der Waals surface area contributed by atoms with Crippen molar-refractivity contribution in [3.63, 3.8) is 0 Å². The molecule has 0 N–H and O–H groups in total. The number of non-ortho nitro benzene ring substituents is 1. The Labute approximate surface area is 281 Å². The second-order valence-corrected chi connectivity index (χ2v) is 11.8. The Hall–Kier alpha value is -4.95. The van der Waals surface area contributed by atoms with Gasteiger partial charge in [0.15, 0.2) is 27.8 Å². The number of carbonyl (C=O) groups is 1. The number of carbonyl (C=O) groups excluding carboxylic acids is 1. The Balaban J connectivity index is 1.53. The number of halogens is 1. The molecule has 4 aromatic rings. The zero-order chi connectivity index (χ0) is 33.7. The number of benzene rings is 3. The van der Waals surface area contributed by atoms with E-state index in [1.54, 1.807) is 48.5 Å². The molecule has 0 unspecified atom stereocenters. The van der Waals surface area contributed by atoms with Crippen LogP contribution in [0.3, 0.4) is 0 Å². The van der Waals surface area contributed by atoms with Gasteiger partial charge in [0.1, 0.15) is 6.61 Å². The minimum absolute atomic E-state index is 0.00807. The molecule has 0 radical (unpaired) electrons. The lowest BCUT2D eigenvalue weighted by atomic mass is 9.97. The molecule has 12 nitrogen and oxygen atoms in total. The molecule has 244 valence electrons. The number of esters is 1. The molecule has 1 aliphatic rings. The predicted octanol–water partition coefficient (Wildman–Crippen LogP) is 5.07. The maximum absolute atomic E-state index is 14.0. The molecular formula is C33H30BrN3O9S. The molecule has 0 fully saturated rings. The highest BCUT2D eigenvalue weighted by atomic mass is 79.9. The Bertz CT molecular complexity index is 2040. The molecule has 1 aliphatic heterocycles. The first-order chi connectivity index (χ1) is 22.7. The van der Waals surface area contributed by atoms with Gasteiger partial charge in [-0.25, -0.2) is 9.79 Å². The molecule has 1 aromatic heterocycles. The number of aromatic nitrogens is 1. The van der Waals surface area contributed by atoms with E-state index in [1.807, 2.05) is 13.8 Å². The largest absolute Gasteiger partial charge is 0.493 e. The van der Waals surface area contributed by atoms with Crippen LogP contribution in [0.1, 0.15) is 36.6 Å². The Morgan fingerprint density at radius 1 is 1.00 bits per heavy atom. The second-order valence-electron chi connectivity index (χ2n) is 9.99. The lowest BCUT2D eigenvalue weighted by Gasteiger charge is -2.23. The summed E-state index contributed by atoms with van der Waals surface area (Å²) >= 11 is 4.75. The number of methoxy groups -OCH3 is 2. The summed E-state index contributed by atoms with van der Waals surface area (Å²) in [6.07, 6.45) is 3.14. The number of thiazole rings is 1. The van der Waals surface area contributed by atoms with Crippen LogP contribution in [0.25, 0.3) is 6.08 Å². The number of hydrogen-bond acceptors (Lipinski definition) is 11. The van der Waals surface area contributed by atoms with Gasteiger partial charge in [0, 0.05) is 22.8 Å². The first kappa shape index (κ1) is 33.4. The smallest absolute Gasteiger partial charge is 0.337 e. The Kier molecular flexibility index (Phi) is 10.4. The van der Waals surface area contributed by atoms with Crippen molar-refractivity contribution < 1.29 is 33.4 Å². The Morgan fingerprint density at radius 3 is 2.36 bits per heavy atom. The summed E-state index contributed by atoms with van der Waals surface area (Å²) in [5.41, 5.74) is 1.82. The van der Waals surface area contributed by atoms with Crippen LogP contribution >= 0.6 is 27.3 Å². The fourth-order valence-electron chi connectivity index (χ4n) is 4.94. The van der Waals surface area contributed by atoms with Crippen molar-refractivity contribution in [1.82, 2.24) is 4.57 Å². The third-order valence-corrected chi connectivity index (χ3v) is 8.80. The molecule has 0 aliphatic carbocycles. The number of nitro benzene ring substituents is 1. The van der Waals surface area contributed by atoms with Crippen molar-refractivity contribution in [2.75, 3.05) is 27.4 Å². The monoisotopic (exact) mass is 723 g/mol.